The summed E-state index contributed by atoms with van der Waals surface area (Å²) in [5.74, 6) is 0.952. The second kappa shape index (κ2) is 8.05. The molecule has 0 radical (unpaired) electrons. The van der Waals surface area contributed by atoms with Crippen molar-refractivity contribution in [2.24, 2.45) is 5.92 Å². The van der Waals surface area contributed by atoms with Gasteiger partial charge in [0.1, 0.15) is 0 Å². The second-order valence-electron chi connectivity index (χ2n) is 6.16. The minimum absolute atomic E-state index is 0.0328. The van der Waals surface area contributed by atoms with Gasteiger partial charge in [-0.2, -0.15) is 4.98 Å². The van der Waals surface area contributed by atoms with E-state index in [0.717, 1.165) is 12.8 Å². The minimum Gasteiger partial charge on any atom is -0.383 e. The molecule has 0 atom stereocenters. The second-order valence-corrected chi connectivity index (χ2v) is 6.16. The van der Waals surface area contributed by atoms with Gasteiger partial charge in [-0.1, -0.05) is 17.3 Å². The van der Waals surface area contributed by atoms with E-state index in [0.29, 0.717) is 43.4 Å². The largest absolute Gasteiger partial charge is 0.383 e. The molecule has 2 aromatic rings. The molecule has 1 aromatic carbocycles. The third-order valence-corrected chi connectivity index (χ3v) is 4.18. The lowest BCUT2D eigenvalue weighted by atomic mass is 10.2. The Morgan fingerprint density at radius 3 is 2.92 bits per heavy atom. The Morgan fingerprint density at radius 2 is 2.23 bits per heavy atom. The van der Waals surface area contributed by atoms with E-state index in [9.17, 15) is 14.9 Å². The van der Waals surface area contributed by atoms with Crippen LogP contribution in [0.15, 0.2) is 28.8 Å². The van der Waals surface area contributed by atoms with Gasteiger partial charge >= 0.3 is 0 Å². The van der Waals surface area contributed by atoms with Crippen LogP contribution in [0, 0.1) is 16.0 Å². The smallest absolute Gasteiger partial charge is 0.270 e. The van der Waals surface area contributed by atoms with E-state index in [2.05, 4.69) is 10.1 Å². The standard InChI is InChI=1S/C17H20N4O5/c1-25-10-9-20(17(22)12-5-6-12)8-7-15-18-16(19-26-15)13-3-2-4-14(11-13)21(23)24/h2-4,11-12H,5-10H2,1H3. The first-order valence-corrected chi connectivity index (χ1v) is 8.43. The summed E-state index contributed by atoms with van der Waals surface area (Å²) in [6, 6.07) is 6.06. The average molecular weight is 360 g/mol. The van der Waals surface area contributed by atoms with Gasteiger partial charge in [-0.05, 0) is 12.8 Å². The number of hydrogen-bond donors (Lipinski definition) is 0. The predicted octanol–water partition coefficient (Wildman–Crippen LogP) is 2.07. The van der Waals surface area contributed by atoms with Crippen LogP contribution in [-0.2, 0) is 16.0 Å². The summed E-state index contributed by atoms with van der Waals surface area (Å²) in [6.45, 7) is 1.47. The van der Waals surface area contributed by atoms with E-state index in [1.54, 1.807) is 24.1 Å². The lowest BCUT2D eigenvalue weighted by Gasteiger charge is -2.21. The van der Waals surface area contributed by atoms with Crippen molar-refractivity contribution < 1.29 is 19.0 Å². The van der Waals surface area contributed by atoms with E-state index in [1.807, 2.05) is 0 Å². The molecule has 9 heteroatoms. The lowest BCUT2D eigenvalue weighted by Crippen LogP contribution is -2.36. The molecule has 0 spiro atoms. The molecule has 1 fully saturated rings. The fourth-order valence-electron chi connectivity index (χ4n) is 2.58. The number of nitrogens with zero attached hydrogens (tertiary/aromatic N) is 4. The number of nitro benzene ring substituents is 1. The van der Waals surface area contributed by atoms with E-state index in [1.165, 1.54) is 12.1 Å². The molecule has 1 saturated carbocycles. The third kappa shape index (κ3) is 4.42. The first-order chi connectivity index (χ1) is 12.6. The number of aromatic nitrogens is 2. The van der Waals surface area contributed by atoms with Crippen LogP contribution in [0.4, 0.5) is 5.69 Å². The molecule has 1 aliphatic carbocycles. The predicted molar refractivity (Wildman–Crippen MR) is 91.3 cm³/mol. The van der Waals surface area contributed by atoms with Crippen LogP contribution in [0.2, 0.25) is 0 Å². The van der Waals surface area contributed by atoms with Crippen LogP contribution in [0.1, 0.15) is 18.7 Å². The maximum Gasteiger partial charge on any atom is 0.270 e. The van der Waals surface area contributed by atoms with Crippen molar-refractivity contribution in [3.63, 3.8) is 0 Å². The number of non-ortho nitro benzene ring substituents is 1. The summed E-state index contributed by atoms with van der Waals surface area (Å²) in [6.07, 6.45) is 2.31. The summed E-state index contributed by atoms with van der Waals surface area (Å²) in [5, 5.41) is 14.8. The molecule has 26 heavy (non-hydrogen) atoms. The summed E-state index contributed by atoms with van der Waals surface area (Å²) in [7, 11) is 1.60. The van der Waals surface area contributed by atoms with Gasteiger partial charge in [0.2, 0.25) is 17.6 Å². The molecule has 0 bridgehead atoms. The highest BCUT2D eigenvalue weighted by molar-refractivity contribution is 5.81. The summed E-state index contributed by atoms with van der Waals surface area (Å²) >= 11 is 0. The maximum atomic E-state index is 12.3. The van der Waals surface area contributed by atoms with Gasteiger partial charge in [-0.15, -0.1) is 0 Å². The van der Waals surface area contributed by atoms with Gasteiger partial charge in [-0.25, -0.2) is 0 Å². The molecule has 1 heterocycles. The van der Waals surface area contributed by atoms with Gasteiger partial charge in [0, 0.05) is 50.2 Å². The summed E-state index contributed by atoms with van der Waals surface area (Å²) in [5.41, 5.74) is 0.481. The van der Waals surface area contributed by atoms with Crippen LogP contribution < -0.4 is 0 Å². The highest BCUT2D eigenvalue weighted by atomic mass is 16.6. The van der Waals surface area contributed by atoms with Crippen LogP contribution in [0.5, 0.6) is 0 Å². The number of carbonyl (C=O) groups is 1. The highest BCUT2D eigenvalue weighted by Crippen LogP contribution is 2.31. The zero-order chi connectivity index (χ0) is 18.5. The van der Waals surface area contributed by atoms with Crippen LogP contribution >= 0.6 is 0 Å². The highest BCUT2D eigenvalue weighted by Gasteiger charge is 2.33. The molecular weight excluding hydrogens is 340 g/mol. The topological polar surface area (TPSA) is 112 Å². The Bertz CT molecular complexity index is 787. The number of ether oxygens (including phenoxy) is 1. The zero-order valence-corrected chi connectivity index (χ0v) is 14.5. The number of amides is 1. The molecule has 1 amide bonds. The molecule has 1 aromatic heterocycles. The molecule has 0 aliphatic heterocycles. The monoisotopic (exact) mass is 360 g/mol. The fourth-order valence-corrected chi connectivity index (χ4v) is 2.58. The van der Waals surface area contributed by atoms with Crippen molar-refractivity contribution >= 4 is 11.6 Å². The van der Waals surface area contributed by atoms with E-state index < -0.39 is 4.92 Å². The van der Waals surface area contributed by atoms with Crippen molar-refractivity contribution in [1.29, 1.82) is 0 Å². The van der Waals surface area contributed by atoms with Crippen LogP contribution in [0.3, 0.4) is 0 Å². The van der Waals surface area contributed by atoms with Gasteiger partial charge < -0.3 is 14.2 Å². The van der Waals surface area contributed by atoms with Gasteiger partial charge in [-0.3, -0.25) is 14.9 Å². The molecule has 138 valence electrons. The number of hydrogen-bond acceptors (Lipinski definition) is 7. The quantitative estimate of drug-likeness (QED) is 0.497. The van der Waals surface area contributed by atoms with Gasteiger partial charge in [0.15, 0.2) is 0 Å². The number of rotatable bonds is 9. The molecule has 3 rings (SSSR count). The minimum atomic E-state index is -0.471. The Morgan fingerprint density at radius 1 is 1.42 bits per heavy atom. The van der Waals surface area contributed by atoms with Crippen molar-refractivity contribution in [3.8, 4) is 11.4 Å². The fraction of sp³-hybridized carbons (Fsp3) is 0.471. The number of carbonyl (C=O) groups excluding carboxylic acids is 1. The molecular formula is C17H20N4O5. The first-order valence-electron chi connectivity index (χ1n) is 8.43. The average Bonchev–Trinajstić information content (AvgIpc) is 3.39. The lowest BCUT2D eigenvalue weighted by molar-refractivity contribution is -0.384. The number of nitro groups is 1. The molecule has 0 saturated heterocycles. The van der Waals surface area contributed by atoms with Gasteiger partial charge in [0.25, 0.3) is 5.69 Å². The Balaban J connectivity index is 1.64. The molecule has 1 aliphatic rings. The van der Waals surface area contributed by atoms with Crippen LogP contribution in [-0.4, -0.2) is 52.7 Å². The Hall–Kier alpha value is -2.81. The maximum absolute atomic E-state index is 12.3. The zero-order valence-electron chi connectivity index (χ0n) is 14.5. The van der Waals surface area contributed by atoms with Gasteiger partial charge in [0.05, 0.1) is 11.5 Å². The Labute approximate surface area is 150 Å². The Kier molecular flexibility index (Phi) is 5.57. The van der Waals surface area contributed by atoms with Crippen molar-refractivity contribution in [2.45, 2.75) is 19.3 Å². The van der Waals surface area contributed by atoms with Crippen LogP contribution in [0.25, 0.3) is 11.4 Å². The SMILES string of the molecule is COCCN(CCc1nc(-c2cccc([N+](=O)[O-])c2)no1)C(=O)C1CC1. The number of methoxy groups -OCH3 is 1. The van der Waals surface area contributed by atoms with E-state index >= 15 is 0 Å². The van der Waals surface area contributed by atoms with Crippen molar-refractivity contribution in [1.82, 2.24) is 15.0 Å². The molecule has 0 N–H and O–H groups in total. The normalized spacial score (nSPS) is 13.6. The number of benzene rings is 1. The first kappa shape index (κ1) is 18.0. The van der Waals surface area contributed by atoms with E-state index in [4.69, 9.17) is 9.26 Å². The van der Waals surface area contributed by atoms with Crippen molar-refractivity contribution in [3.05, 3.63) is 40.3 Å². The third-order valence-electron chi connectivity index (χ3n) is 4.18. The van der Waals surface area contributed by atoms with Crippen molar-refractivity contribution in [2.75, 3.05) is 26.8 Å². The van der Waals surface area contributed by atoms with E-state index in [-0.39, 0.29) is 17.5 Å². The summed E-state index contributed by atoms with van der Waals surface area (Å²) < 4.78 is 10.3. The summed E-state index contributed by atoms with van der Waals surface area (Å²) in [4.78, 5) is 28.7. The molecule has 0 unspecified atom stereocenters. The molecule has 9 nitrogen and oxygen atoms in total.